The SMILES string of the molecule is Cc1ccccc1C=CC(=O)c1ccc2c(c1)OCO2. The Balaban J connectivity index is 1.81. The lowest BCUT2D eigenvalue weighted by Gasteiger charge is -2.00. The van der Waals surface area contributed by atoms with E-state index in [1.165, 1.54) is 0 Å². The summed E-state index contributed by atoms with van der Waals surface area (Å²) in [6.45, 7) is 2.23. The van der Waals surface area contributed by atoms with E-state index < -0.39 is 0 Å². The highest BCUT2D eigenvalue weighted by Gasteiger charge is 2.14. The molecule has 3 rings (SSSR count). The van der Waals surface area contributed by atoms with Gasteiger partial charge in [-0.1, -0.05) is 30.3 Å². The second-order valence-electron chi connectivity index (χ2n) is 4.62. The van der Waals surface area contributed by atoms with Crippen molar-refractivity contribution in [3.63, 3.8) is 0 Å². The van der Waals surface area contributed by atoms with Crippen LogP contribution in [0.15, 0.2) is 48.5 Å². The van der Waals surface area contributed by atoms with Crippen molar-refractivity contribution < 1.29 is 14.3 Å². The van der Waals surface area contributed by atoms with Gasteiger partial charge in [-0.05, 0) is 42.3 Å². The molecule has 100 valence electrons. The molecular formula is C17H14O3. The Hall–Kier alpha value is -2.55. The minimum absolute atomic E-state index is 0.0495. The van der Waals surface area contributed by atoms with Crippen LogP contribution in [0.25, 0.3) is 6.08 Å². The van der Waals surface area contributed by atoms with Gasteiger partial charge >= 0.3 is 0 Å². The summed E-state index contributed by atoms with van der Waals surface area (Å²) in [5.74, 6) is 1.26. The number of benzene rings is 2. The van der Waals surface area contributed by atoms with Crippen molar-refractivity contribution in [1.29, 1.82) is 0 Å². The highest BCUT2D eigenvalue weighted by molar-refractivity contribution is 6.07. The molecule has 0 spiro atoms. The van der Waals surface area contributed by atoms with Crippen molar-refractivity contribution >= 4 is 11.9 Å². The number of allylic oxidation sites excluding steroid dienone is 1. The van der Waals surface area contributed by atoms with E-state index in [0.29, 0.717) is 17.1 Å². The molecule has 1 heterocycles. The van der Waals surface area contributed by atoms with Gasteiger partial charge in [-0.25, -0.2) is 0 Å². The van der Waals surface area contributed by atoms with Gasteiger partial charge < -0.3 is 9.47 Å². The smallest absolute Gasteiger partial charge is 0.231 e. The van der Waals surface area contributed by atoms with Gasteiger partial charge in [0.1, 0.15) is 0 Å². The molecule has 1 aliphatic heterocycles. The molecular weight excluding hydrogens is 252 g/mol. The van der Waals surface area contributed by atoms with Gasteiger partial charge in [0.05, 0.1) is 0 Å². The number of aryl methyl sites for hydroxylation is 1. The molecule has 3 nitrogen and oxygen atoms in total. The van der Waals surface area contributed by atoms with Gasteiger partial charge in [-0.2, -0.15) is 0 Å². The van der Waals surface area contributed by atoms with Crippen molar-refractivity contribution in [3.05, 3.63) is 65.2 Å². The first kappa shape index (κ1) is 12.5. The van der Waals surface area contributed by atoms with E-state index in [-0.39, 0.29) is 12.6 Å². The molecule has 0 unspecified atom stereocenters. The molecule has 2 aromatic rings. The first-order valence-corrected chi connectivity index (χ1v) is 6.42. The number of rotatable bonds is 3. The zero-order chi connectivity index (χ0) is 13.9. The molecule has 0 amide bonds. The van der Waals surface area contributed by atoms with Crippen LogP contribution in [0.2, 0.25) is 0 Å². The Morgan fingerprint density at radius 1 is 1.10 bits per heavy atom. The summed E-state index contributed by atoms with van der Waals surface area (Å²) < 4.78 is 10.5. The maximum Gasteiger partial charge on any atom is 0.231 e. The molecule has 1 aliphatic rings. The number of carbonyl (C=O) groups is 1. The first-order valence-electron chi connectivity index (χ1n) is 6.42. The Labute approximate surface area is 117 Å². The second kappa shape index (κ2) is 5.21. The summed E-state index contributed by atoms with van der Waals surface area (Å²) in [4.78, 5) is 12.1. The number of carbonyl (C=O) groups excluding carboxylic acids is 1. The topological polar surface area (TPSA) is 35.5 Å². The zero-order valence-corrected chi connectivity index (χ0v) is 11.1. The van der Waals surface area contributed by atoms with Crippen molar-refractivity contribution in [3.8, 4) is 11.5 Å². The molecule has 0 aromatic heterocycles. The Bertz CT molecular complexity index is 686. The number of hydrogen-bond acceptors (Lipinski definition) is 3. The average molecular weight is 266 g/mol. The van der Waals surface area contributed by atoms with Crippen LogP contribution < -0.4 is 9.47 Å². The zero-order valence-electron chi connectivity index (χ0n) is 11.1. The average Bonchev–Trinajstić information content (AvgIpc) is 2.93. The predicted octanol–water partition coefficient (Wildman–Crippen LogP) is 3.62. The molecule has 3 heteroatoms. The molecule has 0 aliphatic carbocycles. The fourth-order valence-corrected chi connectivity index (χ4v) is 2.09. The quantitative estimate of drug-likeness (QED) is 0.628. The maximum atomic E-state index is 12.1. The van der Waals surface area contributed by atoms with Crippen LogP contribution in [0.4, 0.5) is 0 Å². The van der Waals surface area contributed by atoms with Gasteiger partial charge in [0.2, 0.25) is 6.79 Å². The van der Waals surface area contributed by atoms with E-state index in [0.717, 1.165) is 11.1 Å². The summed E-state index contributed by atoms with van der Waals surface area (Å²) >= 11 is 0. The monoisotopic (exact) mass is 266 g/mol. The van der Waals surface area contributed by atoms with Gasteiger partial charge in [0, 0.05) is 5.56 Å². The van der Waals surface area contributed by atoms with E-state index >= 15 is 0 Å². The predicted molar refractivity (Wildman–Crippen MR) is 77.1 cm³/mol. The van der Waals surface area contributed by atoms with Crippen molar-refractivity contribution in [1.82, 2.24) is 0 Å². The third-order valence-electron chi connectivity index (χ3n) is 3.26. The highest BCUT2D eigenvalue weighted by Crippen LogP contribution is 2.32. The minimum Gasteiger partial charge on any atom is -0.454 e. The van der Waals surface area contributed by atoms with E-state index in [9.17, 15) is 4.79 Å². The molecule has 0 bridgehead atoms. The number of hydrogen-bond donors (Lipinski definition) is 0. The van der Waals surface area contributed by atoms with Gasteiger partial charge in [-0.3, -0.25) is 4.79 Å². The summed E-state index contributed by atoms with van der Waals surface area (Å²) in [5, 5.41) is 0. The fraction of sp³-hybridized carbons (Fsp3) is 0.118. The van der Waals surface area contributed by atoms with Crippen LogP contribution in [0.3, 0.4) is 0 Å². The minimum atomic E-state index is -0.0495. The van der Waals surface area contributed by atoms with Crippen molar-refractivity contribution in [2.24, 2.45) is 0 Å². The molecule has 0 atom stereocenters. The number of fused-ring (bicyclic) bond motifs is 1. The molecule has 0 saturated heterocycles. The van der Waals surface area contributed by atoms with Crippen molar-refractivity contribution in [2.75, 3.05) is 6.79 Å². The highest BCUT2D eigenvalue weighted by atomic mass is 16.7. The van der Waals surface area contributed by atoms with Crippen LogP contribution in [0.5, 0.6) is 11.5 Å². The maximum absolute atomic E-state index is 12.1. The van der Waals surface area contributed by atoms with E-state index in [2.05, 4.69) is 0 Å². The van der Waals surface area contributed by atoms with Crippen LogP contribution in [-0.2, 0) is 0 Å². The normalized spacial score (nSPS) is 12.8. The van der Waals surface area contributed by atoms with Gasteiger partial charge in [0.25, 0.3) is 0 Å². The summed E-state index contributed by atoms with van der Waals surface area (Å²) in [7, 11) is 0. The van der Waals surface area contributed by atoms with Gasteiger partial charge in [0.15, 0.2) is 17.3 Å². The third kappa shape index (κ3) is 2.43. The standard InChI is InChI=1S/C17H14O3/c1-12-4-2-3-5-13(12)6-8-15(18)14-7-9-16-17(10-14)20-11-19-16/h2-10H,11H2,1H3. The summed E-state index contributed by atoms with van der Waals surface area (Å²) in [6, 6.07) is 13.2. The number of ketones is 1. The summed E-state index contributed by atoms with van der Waals surface area (Å²) in [6.07, 6.45) is 3.42. The van der Waals surface area contributed by atoms with Crippen LogP contribution in [0, 0.1) is 6.92 Å². The van der Waals surface area contributed by atoms with E-state index in [4.69, 9.17) is 9.47 Å². The lowest BCUT2D eigenvalue weighted by molar-refractivity contribution is 0.104. The Morgan fingerprint density at radius 3 is 2.75 bits per heavy atom. The number of ether oxygens (including phenoxy) is 2. The third-order valence-corrected chi connectivity index (χ3v) is 3.26. The van der Waals surface area contributed by atoms with Gasteiger partial charge in [-0.15, -0.1) is 0 Å². The van der Waals surface area contributed by atoms with Crippen LogP contribution in [-0.4, -0.2) is 12.6 Å². The molecule has 0 N–H and O–H groups in total. The first-order chi connectivity index (χ1) is 9.74. The molecule has 20 heavy (non-hydrogen) atoms. The fourth-order valence-electron chi connectivity index (χ4n) is 2.09. The van der Waals surface area contributed by atoms with E-state index in [1.807, 2.05) is 37.3 Å². The van der Waals surface area contributed by atoms with E-state index in [1.54, 1.807) is 24.3 Å². The largest absolute Gasteiger partial charge is 0.454 e. The van der Waals surface area contributed by atoms with Crippen molar-refractivity contribution in [2.45, 2.75) is 6.92 Å². The molecule has 0 saturated carbocycles. The molecule has 0 fully saturated rings. The Kier molecular flexibility index (Phi) is 3.25. The second-order valence-corrected chi connectivity index (χ2v) is 4.62. The van der Waals surface area contributed by atoms with Crippen LogP contribution in [0.1, 0.15) is 21.5 Å². The lowest BCUT2D eigenvalue weighted by Crippen LogP contribution is -1.94. The molecule has 2 aromatic carbocycles. The summed E-state index contributed by atoms with van der Waals surface area (Å²) in [5.41, 5.74) is 2.78. The Morgan fingerprint density at radius 2 is 1.90 bits per heavy atom. The lowest BCUT2D eigenvalue weighted by atomic mass is 10.1. The van der Waals surface area contributed by atoms with Crippen LogP contribution >= 0.6 is 0 Å². The molecule has 0 radical (unpaired) electrons.